The summed E-state index contributed by atoms with van der Waals surface area (Å²) in [5, 5.41) is 2.94. The average molecular weight is 475 g/mol. The lowest BCUT2D eigenvalue weighted by Gasteiger charge is -2.30. The fraction of sp³-hybridized carbons (Fsp3) is 0.222. The summed E-state index contributed by atoms with van der Waals surface area (Å²) in [5.74, 6) is -1.05. The van der Waals surface area contributed by atoms with Crippen LogP contribution < -0.4 is 10.2 Å². The monoisotopic (exact) mass is 474 g/mol. The van der Waals surface area contributed by atoms with Crippen molar-refractivity contribution in [3.05, 3.63) is 83.4 Å². The van der Waals surface area contributed by atoms with E-state index < -0.39 is 12.0 Å². The van der Waals surface area contributed by atoms with Gasteiger partial charge in [0.05, 0.1) is 23.4 Å². The van der Waals surface area contributed by atoms with Crippen LogP contribution in [-0.2, 0) is 9.53 Å². The van der Waals surface area contributed by atoms with Gasteiger partial charge in [-0.3, -0.25) is 14.5 Å². The van der Waals surface area contributed by atoms with Crippen molar-refractivity contribution in [1.82, 2.24) is 0 Å². The first kappa shape index (κ1) is 23.6. The Balaban J connectivity index is 1.80. The Labute approximate surface area is 203 Å². The largest absolute Gasteiger partial charge is 0.462 e. The van der Waals surface area contributed by atoms with Gasteiger partial charge in [0.25, 0.3) is 5.91 Å². The number of hydrogen-bond acceptors (Lipinski definition) is 5. The van der Waals surface area contributed by atoms with Gasteiger partial charge in [0.15, 0.2) is 0 Å². The molecule has 0 unspecified atom stereocenters. The van der Waals surface area contributed by atoms with Crippen molar-refractivity contribution in [3.63, 3.8) is 0 Å². The molecule has 0 spiro atoms. The van der Waals surface area contributed by atoms with Gasteiger partial charge in [-0.2, -0.15) is 0 Å². The minimum absolute atomic E-state index is 0.245. The highest BCUT2D eigenvalue weighted by molar-refractivity contribution is 7.99. The minimum atomic E-state index is -0.781. The Morgan fingerprint density at radius 3 is 2.44 bits per heavy atom. The van der Waals surface area contributed by atoms with Gasteiger partial charge >= 0.3 is 5.97 Å². The molecule has 3 aromatic carbocycles. The molecule has 0 bridgehead atoms. The van der Waals surface area contributed by atoms with E-state index in [1.807, 2.05) is 56.3 Å². The maximum atomic E-state index is 13.8. The summed E-state index contributed by atoms with van der Waals surface area (Å²) in [4.78, 5) is 42.8. The molecule has 1 N–H and O–H groups in total. The van der Waals surface area contributed by atoms with E-state index >= 15 is 0 Å². The second-order valence-electron chi connectivity index (χ2n) is 7.96. The third kappa shape index (κ3) is 4.70. The van der Waals surface area contributed by atoms with Crippen LogP contribution in [0.3, 0.4) is 0 Å². The van der Waals surface area contributed by atoms with Crippen molar-refractivity contribution in [2.45, 2.75) is 43.0 Å². The molecule has 1 heterocycles. The number of benzene rings is 3. The Bertz CT molecular complexity index is 1240. The Kier molecular flexibility index (Phi) is 7.03. The number of carbonyl (C=O) groups excluding carboxylic acids is 3. The number of amides is 2. The maximum Gasteiger partial charge on any atom is 0.338 e. The van der Waals surface area contributed by atoms with Crippen LogP contribution in [-0.4, -0.2) is 30.4 Å². The van der Waals surface area contributed by atoms with Crippen LogP contribution in [0.5, 0.6) is 0 Å². The number of aryl methyl sites for hydroxylation is 1. The number of esters is 1. The summed E-state index contributed by atoms with van der Waals surface area (Å²) in [6, 6.07) is 19.2. The fourth-order valence-corrected chi connectivity index (χ4v) is 4.93. The van der Waals surface area contributed by atoms with Crippen LogP contribution in [0.15, 0.2) is 76.5 Å². The quantitative estimate of drug-likeness (QED) is 0.464. The molecule has 4 rings (SSSR count). The number of rotatable bonds is 6. The van der Waals surface area contributed by atoms with E-state index in [2.05, 4.69) is 5.32 Å². The van der Waals surface area contributed by atoms with Crippen molar-refractivity contribution in [1.29, 1.82) is 0 Å². The molecule has 0 saturated carbocycles. The van der Waals surface area contributed by atoms with Gasteiger partial charge in [0.2, 0.25) is 5.91 Å². The number of ether oxygens (including phenoxy) is 1. The summed E-state index contributed by atoms with van der Waals surface area (Å²) in [5.41, 5.74) is 3.11. The smallest absolute Gasteiger partial charge is 0.338 e. The standard InChI is InChI=1S/C27H26N2O4S/c1-4-21(25(30)28-19-13-10-17(3)11-14-19)29-22-16-18(27(32)33-5-2)12-15-24(22)34-23-9-7-6-8-20(23)26(29)31/h6-16,21H,4-5H2,1-3H3,(H,28,30)/t21-/m0/s1. The first-order chi connectivity index (χ1) is 16.4. The summed E-state index contributed by atoms with van der Waals surface area (Å²) < 4.78 is 5.17. The lowest BCUT2D eigenvalue weighted by Crippen LogP contribution is -2.47. The van der Waals surface area contributed by atoms with Crippen LogP contribution >= 0.6 is 11.8 Å². The predicted molar refractivity (Wildman–Crippen MR) is 134 cm³/mol. The first-order valence-corrected chi connectivity index (χ1v) is 12.0. The summed E-state index contributed by atoms with van der Waals surface area (Å²) in [6.45, 7) is 5.83. The van der Waals surface area contributed by atoms with Crippen LogP contribution in [0.2, 0.25) is 0 Å². The SMILES string of the molecule is CCOC(=O)c1ccc2c(c1)N([C@@H](CC)C(=O)Nc1ccc(C)cc1)C(=O)c1ccccc1S2. The number of hydrogen-bond donors (Lipinski definition) is 1. The number of nitrogens with zero attached hydrogens (tertiary/aromatic N) is 1. The van der Waals surface area contributed by atoms with Gasteiger partial charge in [-0.05, 0) is 62.7 Å². The molecule has 2 amide bonds. The first-order valence-electron chi connectivity index (χ1n) is 11.2. The summed E-state index contributed by atoms with van der Waals surface area (Å²) >= 11 is 1.44. The number of carbonyl (C=O) groups is 3. The van der Waals surface area contributed by atoms with Crippen LogP contribution in [0.1, 0.15) is 46.5 Å². The van der Waals surface area contributed by atoms with Crippen molar-refractivity contribution >= 4 is 40.9 Å². The van der Waals surface area contributed by atoms with Gasteiger partial charge in [-0.25, -0.2) is 4.79 Å². The fourth-order valence-electron chi connectivity index (χ4n) is 3.88. The normalized spacial score (nSPS) is 13.4. The van der Waals surface area contributed by atoms with Gasteiger partial charge in [0, 0.05) is 15.5 Å². The van der Waals surface area contributed by atoms with E-state index in [1.54, 1.807) is 31.2 Å². The molecule has 34 heavy (non-hydrogen) atoms. The zero-order chi connectivity index (χ0) is 24.2. The number of fused-ring (bicyclic) bond motifs is 2. The molecule has 0 fully saturated rings. The second kappa shape index (κ2) is 10.1. The molecule has 1 aliphatic rings. The topological polar surface area (TPSA) is 75.7 Å². The zero-order valence-corrected chi connectivity index (χ0v) is 20.1. The number of anilines is 2. The van der Waals surface area contributed by atoms with Crippen LogP contribution in [0.25, 0.3) is 0 Å². The molecule has 0 aliphatic carbocycles. The lowest BCUT2D eigenvalue weighted by molar-refractivity contribution is -0.117. The predicted octanol–water partition coefficient (Wildman–Crippen LogP) is 5.70. The Hall–Kier alpha value is -3.58. The van der Waals surface area contributed by atoms with Crippen LogP contribution in [0.4, 0.5) is 11.4 Å². The van der Waals surface area contributed by atoms with E-state index in [4.69, 9.17) is 4.74 Å². The summed E-state index contributed by atoms with van der Waals surface area (Å²) in [6.07, 6.45) is 0.388. The Morgan fingerprint density at radius 2 is 1.74 bits per heavy atom. The lowest BCUT2D eigenvalue weighted by atomic mass is 10.1. The average Bonchev–Trinajstić information content (AvgIpc) is 2.95. The van der Waals surface area contributed by atoms with Crippen molar-refractivity contribution in [2.24, 2.45) is 0 Å². The van der Waals surface area contributed by atoms with Crippen molar-refractivity contribution in [2.75, 3.05) is 16.8 Å². The summed E-state index contributed by atoms with van der Waals surface area (Å²) in [7, 11) is 0. The molecule has 1 aliphatic heterocycles. The van der Waals surface area contributed by atoms with E-state index in [1.165, 1.54) is 16.7 Å². The van der Waals surface area contributed by atoms with E-state index in [0.717, 1.165) is 15.4 Å². The third-order valence-corrected chi connectivity index (χ3v) is 6.75. The minimum Gasteiger partial charge on any atom is -0.462 e. The highest BCUT2D eigenvalue weighted by Gasteiger charge is 2.36. The van der Waals surface area contributed by atoms with E-state index in [-0.39, 0.29) is 18.4 Å². The third-order valence-electron chi connectivity index (χ3n) is 5.61. The number of nitrogens with one attached hydrogen (secondary N) is 1. The molecule has 1 atom stereocenters. The van der Waals surface area contributed by atoms with Gasteiger partial charge in [-0.1, -0.05) is 48.5 Å². The van der Waals surface area contributed by atoms with Crippen molar-refractivity contribution in [3.8, 4) is 0 Å². The maximum absolute atomic E-state index is 13.8. The zero-order valence-electron chi connectivity index (χ0n) is 19.3. The van der Waals surface area contributed by atoms with Gasteiger partial charge in [0.1, 0.15) is 6.04 Å². The van der Waals surface area contributed by atoms with Crippen molar-refractivity contribution < 1.29 is 19.1 Å². The molecular weight excluding hydrogens is 448 g/mol. The van der Waals surface area contributed by atoms with E-state index in [0.29, 0.717) is 28.9 Å². The molecule has 0 aromatic heterocycles. The van der Waals surface area contributed by atoms with Gasteiger partial charge < -0.3 is 10.1 Å². The highest BCUT2D eigenvalue weighted by Crippen LogP contribution is 2.43. The van der Waals surface area contributed by atoms with E-state index in [9.17, 15) is 14.4 Å². The molecule has 7 heteroatoms. The molecule has 6 nitrogen and oxygen atoms in total. The molecule has 0 radical (unpaired) electrons. The molecule has 0 saturated heterocycles. The molecule has 3 aromatic rings. The molecular formula is C27H26N2O4S. The van der Waals surface area contributed by atoms with Gasteiger partial charge in [-0.15, -0.1) is 0 Å². The van der Waals surface area contributed by atoms with Crippen LogP contribution in [0, 0.1) is 6.92 Å². The highest BCUT2D eigenvalue weighted by atomic mass is 32.2. The Morgan fingerprint density at radius 1 is 1.00 bits per heavy atom. The second-order valence-corrected chi connectivity index (χ2v) is 9.04. The molecule has 174 valence electrons.